The fourth-order valence-electron chi connectivity index (χ4n) is 1.96. The first-order chi connectivity index (χ1) is 11.2. The number of carbonyl (C=O) groups is 1. The SMILES string of the molecule is COc1ccc(NC(C)=O)cc1NS(=O)(=O)c1cc(Cl)cc(Cl)c1. The number of carbonyl (C=O) groups excluding carboxylic acids is 1. The second-order valence-corrected chi connectivity index (χ2v) is 7.36. The fraction of sp³-hybridized carbons (Fsp3) is 0.133. The number of ether oxygens (including phenoxy) is 1. The van der Waals surface area contributed by atoms with Crippen molar-refractivity contribution in [1.29, 1.82) is 0 Å². The van der Waals surface area contributed by atoms with Crippen molar-refractivity contribution in [3.05, 3.63) is 46.4 Å². The normalized spacial score (nSPS) is 11.0. The molecule has 0 bridgehead atoms. The summed E-state index contributed by atoms with van der Waals surface area (Å²) in [5, 5.41) is 2.96. The van der Waals surface area contributed by atoms with Crippen LogP contribution in [0.4, 0.5) is 11.4 Å². The summed E-state index contributed by atoms with van der Waals surface area (Å²) in [5.74, 6) is 0.0106. The third-order valence-electron chi connectivity index (χ3n) is 2.91. The molecule has 0 radical (unpaired) electrons. The zero-order chi connectivity index (χ0) is 17.9. The number of nitrogens with one attached hydrogen (secondary N) is 2. The molecule has 2 rings (SSSR count). The molecule has 9 heteroatoms. The van der Waals surface area contributed by atoms with Crippen LogP contribution < -0.4 is 14.8 Å². The Labute approximate surface area is 149 Å². The molecule has 0 aliphatic heterocycles. The van der Waals surface area contributed by atoms with Crippen LogP contribution in [0.5, 0.6) is 5.75 Å². The first kappa shape index (κ1) is 18.4. The molecule has 0 heterocycles. The van der Waals surface area contributed by atoms with Gasteiger partial charge in [0, 0.05) is 22.7 Å². The second kappa shape index (κ2) is 7.29. The zero-order valence-corrected chi connectivity index (χ0v) is 15.1. The van der Waals surface area contributed by atoms with Gasteiger partial charge in [-0.25, -0.2) is 8.42 Å². The minimum Gasteiger partial charge on any atom is -0.495 e. The summed E-state index contributed by atoms with van der Waals surface area (Å²) in [6.07, 6.45) is 0. The zero-order valence-electron chi connectivity index (χ0n) is 12.8. The summed E-state index contributed by atoms with van der Waals surface area (Å²) in [4.78, 5) is 11.1. The van der Waals surface area contributed by atoms with Crippen molar-refractivity contribution in [2.45, 2.75) is 11.8 Å². The average Bonchev–Trinajstić information content (AvgIpc) is 2.45. The monoisotopic (exact) mass is 388 g/mol. The third kappa shape index (κ3) is 4.53. The molecule has 0 saturated heterocycles. The highest BCUT2D eigenvalue weighted by molar-refractivity contribution is 7.92. The third-order valence-corrected chi connectivity index (χ3v) is 4.69. The largest absolute Gasteiger partial charge is 0.495 e. The van der Waals surface area contributed by atoms with Gasteiger partial charge in [0.05, 0.1) is 17.7 Å². The molecule has 0 spiro atoms. The Kier molecular flexibility index (Phi) is 5.58. The van der Waals surface area contributed by atoms with Crippen molar-refractivity contribution in [3.8, 4) is 5.75 Å². The first-order valence-corrected chi connectivity index (χ1v) is 8.90. The summed E-state index contributed by atoms with van der Waals surface area (Å²) in [7, 11) is -2.54. The lowest BCUT2D eigenvalue weighted by Crippen LogP contribution is -2.14. The van der Waals surface area contributed by atoms with E-state index in [0.29, 0.717) is 11.4 Å². The second-order valence-electron chi connectivity index (χ2n) is 4.81. The molecule has 0 aliphatic carbocycles. The predicted octanol–water partition coefficient (Wildman–Crippen LogP) is 3.76. The van der Waals surface area contributed by atoms with E-state index in [4.69, 9.17) is 27.9 Å². The van der Waals surface area contributed by atoms with Crippen LogP contribution in [-0.2, 0) is 14.8 Å². The quantitative estimate of drug-likeness (QED) is 0.816. The van der Waals surface area contributed by atoms with Crippen LogP contribution in [0.15, 0.2) is 41.3 Å². The molecule has 0 fully saturated rings. The van der Waals surface area contributed by atoms with Gasteiger partial charge in [0.2, 0.25) is 5.91 Å². The summed E-state index contributed by atoms with van der Waals surface area (Å²) in [6.45, 7) is 1.35. The van der Waals surface area contributed by atoms with Gasteiger partial charge in [0.1, 0.15) is 5.75 Å². The minimum atomic E-state index is -3.95. The van der Waals surface area contributed by atoms with Gasteiger partial charge >= 0.3 is 0 Å². The molecule has 24 heavy (non-hydrogen) atoms. The Hall–Kier alpha value is -1.96. The average molecular weight is 389 g/mol. The summed E-state index contributed by atoms with van der Waals surface area (Å²) in [5.41, 5.74) is 0.588. The highest BCUT2D eigenvalue weighted by Gasteiger charge is 2.18. The smallest absolute Gasteiger partial charge is 0.262 e. The van der Waals surface area contributed by atoms with E-state index in [1.165, 1.54) is 44.4 Å². The van der Waals surface area contributed by atoms with Gasteiger partial charge in [-0.3, -0.25) is 9.52 Å². The molecule has 0 aromatic heterocycles. The van der Waals surface area contributed by atoms with E-state index in [9.17, 15) is 13.2 Å². The number of hydrogen-bond acceptors (Lipinski definition) is 4. The summed E-state index contributed by atoms with van der Waals surface area (Å²) < 4.78 is 32.6. The molecule has 2 aromatic rings. The van der Waals surface area contributed by atoms with Gasteiger partial charge in [-0.15, -0.1) is 0 Å². The highest BCUT2D eigenvalue weighted by Crippen LogP contribution is 2.31. The van der Waals surface area contributed by atoms with Gasteiger partial charge in [-0.2, -0.15) is 0 Å². The number of anilines is 2. The van der Waals surface area contributed by atoms with Crippen LogP contribution in [0.25, 0.3) is 0 Å². The van der Waals surface area contributed by atoms with Crippen molar-refractivity contribution in [1.82, 2.24) is 0 Å². The van der Waals surface area contributed by atoms with Gasteiger partial charge in [0.15, 0.2) is 0 Å². The Morgan fingerprint density at radius 1 is 1.08 bits per heavy atom. The first-order valence-electron chi connectivity index (χ1n) is 6.66. The van der Waals surface area contributed by atoms with E-state index >= 15 is 0 Å². The highest BCUT2D eigenvalue weighted by atomic mass is 35.5. The summed E-state index contributed by atoms with van der Waals surface area (Å²) in [6, 6.07) is 8.56. The van der Waals surface area contributed by atoms with Crippen LogP contribution in [0.1, 0.15) is 6.92 Å². The molecule has 0 aliphatic rings. The number of sulfonamides is 1. The molecular formula is C15H14Cl2N2O4S. The van der Waals surface area contributed by atoms with E-state index < -0.39 is 10.0 Å². The van der Waals surface area contributed by atoms with E-state index in [2.05, 4.69) is 10.0 Å². The van der Waals surface area contributed by atoms with E-state index in [0.717, 1.165) is 0 Å². The number of methoxy groups -OCH3 is 1. The Bertz CT molecular complexity index is 865. The van der Waals surface area contributed by atoms with Crippen LogP contribution in [-0.4, -0.2) is 21.4 Å². The summed E-state index contributed by atoms with van der Waals surface area (Å²) >= 11 is 11.7. The van der Waals surface area contributed by atoms with Crippen LogP contribution in [0, 0.1) is 0 Å². The van der Waals surface area contributed by atoms with E-state index in [1.54, 1.807) is 6.07 Å². The number of rotatable bonds is 5. The molecule has 2 N–H and O–H groups in total. The molecule has 0 atom stereocenters. The topological polar surface area (TPSA) is 84.5 Å². The van der Waals surface area contributed by atoms with Gasteiger partial charge in [0.25, 0.3) is 10.0 Å². The lowest BCUT2D eigenvalue weighted by Gasteiger charge is -2.14. The molecule has 128 valence electrons. The number of hydrogen-bond donors (Lipinski definition) is 2. The van der Waals surface area contributed by atoms with Crippen LogP contribution in [0.2, 0.25) is 10.0 Å². The van der Waals surface area contributed by atoms with Crippen LogP contribution in [0.3, 0.4) is 0 Å². The number of benzene rings is 2. The molecule has 0 saturated carbocycles. The molecule has 6 nitrogen and oxygen atoms in total. The fourth-order valence-corrected chi connectivity index (χ4v) is 3.74. The van der Waals surface area contributed by atoms with Gasteiger partial charge < -0.3 is 10.1 Å². The molecule has 2 aromatic carbocycles. The lowest BCUT2D eigenvalue weighted by molar-refractivity contribution is -0.114. The van der Waals surface area contributed by atoms with Gasteiger partial charge in [-0.05, 0) is 36.4 Å². The van der Waals surface area contributed by atoms with Crippen LogP contribution >= 0.6 is 23.2 Å². The molecular weight excluding hydrogens is 375 g/mol. The van der Waals surface area contributed by atoms with Crippen molar-refractivity contribution >= 4 is 50.5 Å². The maximum absolute atomic E-state index is 12.5. The Morgan fingerprint density at radius 2 is 1.71 bits per heavy atom. The Morgan fingerprint density at radius 3 is 2.25 bits per heavy atom. The van der Waals surface area contributed by atoms with E-state index in [1.807, 2.05) is 0 Å². The van der Waals surface area contributed by atoms with Crippen molar-refractivity contribution in [2.24, 2.45) is 0 Å². The van der Waals surface area contributed by atoms with E-state index in [-0.39, 0.29) is 26.5 Å². The minimum absolute atomic E-state index is 0.0908. The van der Waals surface area contributed by atoms with Gasteiger partial charge in [-0.1, -0.05) is 23.2 Å². The number of halogens is 2. The van der Waals surface area contributed by atoms with Crippen molar-refractivity contribution < 1.29 is 17.9 Å². The van der Waals surface area contributed by atoms with Crippen molar-refractivity contribution in [2.75, 3.05) is 17.1 Å². The predicted molar refractivity (Wildman–Crippen MR) is 94.6 cm³/mol. The standard InChI is InChI=1S/C15H14Cl2N2O4S/c1-9(20)18-12-3-4-15(23-2)14(8-12)19-24(21,22)13-6-10(16)5-11(17)7-13/h3-8,19H,1-2H3,(H,18,20). The maximum atomic E-state index is 12.5. The lowest BCUT2D eigenvalue weighted by atomic mass is 10.2. The number of amides is 1. The molecule has 1 amide bonds. The Balaban J connectivity index is 2.42. The molecule has 0 unspecified atom stereocenters. The van der Waals surface area contributed by atoms with Crippen molar-refractivity contribution in [3.63, 3.8) is 0 Å². The maximum Gasteiger partial charge on any atom is 0.262 e.